The number of nitrogens with two attached hydrogens (primary N) is 1. The predicted molar refractivity (Wildman–Crippen MR) is 165 cm³/mol. The molecular formula is C35H35N3O3. The third-order valence-electron chi connectivity index (χ3n) is 7.07. The van der Waals surface area contributed by atoms with Crippen LogP contribution in [0.5, 0.6) is 0 Å². The second-order valence-corrected chi connectivity index (χ2v) is 9.84. The molecule has 0 aliphatic carbocycles. The zero-order chi connectivity index (χ0) is 29.2. The zero-order valence-electron chi connectivity index (χ0n) is 23.3. The summed E-state index contributed by atoms with van der Waals surface area (Å²) < 4.78 is 5.17. The van der Waals surface area contributed by atoms with Gasteiger partial charge in [-0.1, -0.05) is 104 Å². The molecule has 41 heavy (non-hydrogen) atoms. The highest BCUT2D eigenvalue weighted by Gasteiger charge is 2.30. The van der Waals surface area contributed by atoms with Crippen molar-refractivity contribution in [1.82, 2.24) is 5.32 Å². The Kier molecular flexibility index (Phi) is 9.84. The van der Waals surface area contributed by atoms with Gasteiger partial charge < -0.3 is 15.8 Å². The van der Waals surface area contributed by atoms with Crippen LogP contribution >= 0.6 is 0 Å². The molecule has 2 atom stereocenters. The minimum Gasteiger partial charge on any atom is -0.469 e. The van der Waals surface area contributed by atoms with Crippen LogP contribution < -0.4 is 11.1 Å². The number of ether oxygens (including phenoxy) is 1. The maximum Gasteiger partial charge on any atom is 0.311 e. The van der Waals surface area contributed by atoms with Gasteiger partial charge in [0.05, 0.1) is 19.1 Å². The van der Waals surface area contributed by atoms with E-state index in [1.165, 1.54) is 12.7 Å². The van der Waals surface area contributed by atoms with Crippen LogP contribution in [0.4, 0.5) is 0 Å². The molecule has 6 heteroatoms. The highest BCUT2D eigenvalue weighted by atomic mass is 16.5. The molecule has 0 unspecified atom stereocenters. The molecule has 0 fully saturated rings. The zero-order valence-corrected chi connectivity index (χ0v) is 23.3. The molecule has 4 aromatic carbocycles. The monoisotopic (exact) mass is 545 g/mol. The number of rotatable bonds is 11. The Morgan fingerprint density at radius 3 is 2.12 bits per heavy atom. The molecule has 4 N–H and O–H groups in total. The van der Waals surface area contributed by atoms with Gasteiger partial charge in [-0.3, -0.25) is 15.0 Å². The van der Waals surface area contributed by atoms with Gasteiger partial charge in [-0.25, -0.2) is 0 Å². The topological polar surface area (TPSA) is 105 Å². The van der Waals surface area contributed by atoms with Gasteiger partial charge in [0.25, 0.3) is 5.91 Å². The number of nitrogen functional groups attached to an aromatic ring is 1. The largest absolute Gasteiger partial charge is 0.469 e. The fourth-order valence-electron chi connectivity index (χ4n) is 4.67. The molecule has 0 aromatic heterocycles. The van der Waals surface area contributed by atoms with Crippen LogP contribution in [0.1, 0.15) is 39.5 Å². The maximum atomic E-state index is 13.5. The lowest BCUT2D eigenvalue weighted by molar-refractivity contribution is -0.145. The molecule has 0 saturated carbocycles. The summed E-state index contributed by atoms with van der Waals surface area (Å²) >= 11 is 0. The summed E-state index contributed by atoms with van der Waals surface area (Å²) in [6, 6.07) is 32.0. The first-order valence-electron chi connectivity index (χ1n) is 13.6. The molecule has 4 aromatic rings. The molecule has 4 rings (SSSR count). The van der Waals surface area contributed by atoms with E-state index in [4.69, 9.17) is 15.9 Å². The van der Waals surface area contributed by atoms with Crippen molar-refractivity contribution >= 4 is 23.8 Å². The van der Waals surface area contributed by atoms with Crippen LogP contribution in [-0.4, -0.2) is 30.9 Å². The van der Waals surface area contributed by atoms with Crippen LogP contribution in [0.3, 0.4) is 0 Å². The number of hydrogen-bond acceptors (Lipinski definition) is 4. The molecule has 208 valence electrons. The second kappa shape index (κ2) is 13.9. The standard InChI is InChI=1S/C35H35N3O3/c1-3-24-12-15-27(16-13-24)28-17-19-29(20-18-28)34(39)38-32(21-14-25-8-5-4-6-9-25)31(35(40)41-2)23-26-10-7-11-30(22-26)33(36)37/h4-22,31-32H,3,23H2,1-2H3,(H3,36,37)(H,38,39)/b21-14+/t31-,32-/m0/s1. The summed E-state index contributed by atoms with van der Waals surface area (Å²) in [5, 5.41) is 10.8. The van der Waals surface area contributed by atoms with Crippen molar-refractivity contribution in [1.29, 1.82) is 5.41 Å². The molecule has 0 saturated heterocycles. The normalized spacial score (nSPS) is 12.4. The van der Waals surface area contributed by atoms with Crippen molar-refractivity contribution in [3.05, 3.63) is 137 Å². The molecule has 1 amide bonds. The summed E-state index contributed by atoms with van der Waals surface area (Å²) in [4.78, 5) is 26.5. The average molecular weight is 546 g/mol. The highest BCUT2D eigenvalue weighted by Crippen LogP contribution is 2.22. The van der Waals surface area contributed by atoms with Gasteiger partial charge in [-0.2, -0.15) is 0 Å². The molecule has 0 heterocycles. The van der Waals surface area contributed by atoms with Crippen LogP contribution in [0.15, 0.2) is 109 Å². The van der Waals surface area contributed by atoms with E-state index in [0.717, 1.165) is 28.7 Å². The van der Waals surface area contributed by atoms with Crippen molar-refractivity contribution in [3.8, 4) is 11.1 Å². The van der Waals surface area contributed by atoms with E-state index in [9.17, 15) is 9.59 Å². The summed E-state index contributed by atoms with van der Waals surface area (Å²) in [6.07, 6.45) is 4.97. The first-order chi connectivity index (χ1) is 19.9. The maximum absolute atomic E-state index is 13.5. The lowest BCUT2D eigenvalue weighted by Crippen LogP contribution is -2.43. The van der Waals surface area contributed by atoms with E-state index in [0.29, 0.717) is 11.1 Å². The van der Waals surface area contributed by atoms with Crippen LogP contribution in [0, 0.1) is 11.3 Å². The first-order valence-corrected chi connectivity index (χ1v) is 13.6. The van der Waals surface area contributed by atoms with Crippen molar-refractivity contribution < 1.29 is 14.3 Å². The van der Waals surface area contributed by atoms with Crippen molar-refractivity contribution in [3.63, 3.8) is 0 Å². The van der Waals surface area contributed by atoms with E-state index < -0.39 is 17.9 Å². The number of amides is 1. The minimum atomic E-state index is -0.720. The van der Waals surface area contributed by atoms with E-state index in [-0.39, 0.29) is 18.2 Å². The quantitative estimate of drug-likeness (QED) is 0.121. The van der Waals surface area contributed by atoms with E-state index in [2.05, 4.69) is 36.5 Å². The third-order valence-corrected chi connectivity index (χ3v) is 7.07. The number of benzene rings is 4. The number of hydrogen-bond donors (Lipinski definition) is 3. The van der Waals surface area contributed by atoms with Gasteiger partial charge in [0.1, 0.15) is 5.84 Å². The van der Waals surface area contributed by atoms with Crippen LogP contribution in [0.2, 0.25) is 0 Å². The van der Waals surface area contributed by atoms with Crippen molar-refractivity contribution in [2.24, 2.45) is 11.7 Å². The van der Waals surface area contributed by atoms with Gasteiger partial charge in [0.2, 0.25) is 0 Å². The number of carbonyl (C=O) groups excluding carboxylic acids is 2. The third kappa shape index (κ3) is 7.79. The fourth-order valence-corrected chi connectivity index (χ4v) is 4.67. The van der Waals surface area contributed by atoms with Gasteiger partial charge in [-0.05, 0) is 58.9 Å². The van der Waals surface area contributed by atoms with Crippen LogP contribution in [0.25, 0.3) is 17.2 Å². The highest BCUT2D eigenvalue weighted by molar-refractivity contribution is 5.96. The number of esters is 1. The Hall–Kier alpha value is -4.97. The lowest BCUT2D eigenvalue weighted by Gasteiger charge is -2.24. The van der Waals surface area contributed by atoms with Crippen LogP contribution in [-0.2, 0) is 22.4 Å². The van der Waals surface area contributed by atoms with Crippen molar-refractivity contribution in [2.45, 2.75) is 25.8 Å². The number of nitrogens with one attached hydrogen (secondary N) is 2. The molecule has 0 radical (unpaired) electrons. The molecule has 0 bridgehead atoms. The molecule has 0 aliphatic heterocycles. The number of amidine groups is 1. The molecular weight excluding hydrogens is 510 g/mol. The Morgan fingerprint density at radius 1 is 0.854 bits per heavy atom. The van der Waals surface area contributed by atoms with Gasteiger partial charge in [0, 0.05) is 11.1 Å². The van der Waals surface area contributed by atoms with Gasteiger partial charge >= 0.3 is 5.97 Å². The van der Waals surface area contributed by atoms with Crippen molar-refractivity contribution in [2.75, 3.05) is 7.11 Å². The lowest BCUT2D eigenvalue weighted by atomic mass is 9.90. The Morgan fingerprint density at radius 2 is 1.51 bits per heavy atom. The summed E-state index contributed by atoms with van der Waals surface area (Å²) in [7, 11) is 1.34. The van der Waals surface area contributed by atoms with E-state index in [1.807, 2.05) is 60.7 Å². The first kappa shape index (κ1) is 29.0. The molecule has 0 spiro atoms. The average Bonchev–Trinajstić information content (AvgIpc) is 3.02. The fraction of sp³-hybridized carbons (Fsp3) is 0.171. The van der Waals surface area contributed by atoms with E-state index in [1.54, 1.807) is 30.3 Å². The summed E-state index contributed by atoms with van der Waals surface area (Å²) in [6.45, 7) is 2.12. The smallest absolute Gasteiger partial charge is 0.311 e. The van der Waals surface area contributed by atoms with Gasteiger partial charge in [0.15, 0.2) is 0 Å². The number of carbonyl (C=O) groups is 2. The Labute approximate surface area is 241 Å². The Bertz CT molecular complexity index is 1510. The van der Waals surface area contributed by atoms with E-state index >= 15 is 0 Å². The number of methoxy groups -OCH3 is 1. The summed E-state index contributed by atoms with van der Waals surface area (Å²) in [5.41, 5.74) is 11.8. The number of aryl methyl sites for hydroxylation is 1. The SMILES string of the molecule is CCc1ccc(-c2ccc(C(=O)N[C@@H](/C=C/c3ccccc3)[C@H](Cc3cccc(C(=N)N)c3)C(=O)OC)cc2)cc1. The Balaban J connectivity index is 1.61. The molecule has 0 aliphatic rings. The second-order valence-electron chi connectivity index (χ2n) is 9.84. The minimum absolute atomic E-state index is 0.0555. The summed E-state index contributed by atoms with van der Waals surface area (Å²) in [5.74, 6) is -1.53. The van der Waals surface area contributed by atoms with Gasteiger partial charge in [-0.15, -0.1) is 0 Å². The predicted octanol–water partition coefficient (Wildman–Crippen LogP) is 6.04. The molecule has 6 nitrogen and oxygen atoms in total.